The second-order valence-corrected chi connectivity index (χ2v) is 19.7. The smallest absolute Gasteiger partial charge is 0.0273 e. The van der Waals surface area contributed by atoms with Crippen molar-refractivity contribution in [3.63, 3.8) is 0 Å². The van der Waals surface area contributed by atoms with Gasteiger partial charge in [-0.2, -0.15) is 0 Å². The van der Waals surface area contributed by atoms with Gasteiger partial charge in [0.25, 0.3) is 0 Å². The van der Waals surface area contributed by atoms with Crippen LogP contribution >= 0.6 is 0 Å². The Hall–Kier alpha value is -0.780. The summed E-state index contributed by atoms with van der Waals surface area (Å²) >= 11 is 0. The molecule has 0 aliphatic rings. The molecule has 1 radical (unpaired) electrons. The predicted molar refractivity (Wildman–Crippen MR) is 271 cm³/mol. The minimum Gasteiger partial charge on any atom is -0.0654 e. The van der Waals surface area contributed by atoms with Crippen molar-refractivity contribution >= 4 is 0 Å². The summed E-state index contributed by atoms with van der Waals surface area (Å²) in [5.41, 5.74) is 6.69. The summed E-state index contributed by atoms with van der Waals surface area (Å²) < 4.78 is 0. The summed E-state index contributed by atoms with van der Waals surface area (Å²) in [7, 11) is 0. The maximum Gasteiger partial charge on any atom is -0.0273 e. The molecule has 1 rings (SSSR count). The highest BCUT2D eigenvalue weighted by molar-refractivity contribution is 5.40. The van der Waals surface area contributed by atoms with Gasteiger partial charge in [-0.15, -0.1) is 0 Å². The third-order valence-corrected chi connectivity index (χ3v) is 13.9. The van der Waals surface area contributed by atoms with Gasteiger partial charge in [-0.3, -0.25) is 0 Å². The monoisotopic (exact) mass is 820 g/mol. The summed E-state index contributed by atoms with van der Waals surface area (Å²) in [5, 5.41) is 0. The van der Waals surface area contributed by atoms with Crippen LogP contribution in [0.1, 0.15) is 332 Å². The summed E-state index contributed by atoms with van der Waals surface area (Å²) in [6, 6.07) is 5.18. The Bertz CT molecular complexity index is 886. The highest BCUT2D eigenvalue weighted by atomic mass is 14.2. The van der Waals surface area contributed by atoms with Gasteiger partial charge in [0.2, 0.25) is 0 Å². The number of unbranched alkanes of at least 4 members (excludes halogenated alkanes) is 42. The molecule has 0 saturated carbocycles. The van der Waals surface area contributed by atoms with Crippen LogP contribution in [0.2, 0.25) is 0 Å². The molecule has 0 nitrogen and oxygen atoms in total. The Morgan fingerprint density at radius 3 is 0.644 bits per heavy atom. The van der Waals surface area contributed by atoms with E-state index in [1.165, 1.54) is 314 Å². The van der Waals surface area contributed by atoms with Crippen LogP contribution < -0.4 is 0 Å². The molecule has 0 amide bonds. The number of hydrogen-bond donors (Lipinski definition) is 0. The quantitative estimate of drug-likeness (QED) is 0.0575. The average Bonchev–Trinajstić information content (AvgIpc) is 3.25. The summed E-state index contributed by atoms with van der Waals surface area (Å²) in [6.07, 6.45) is 70.0. The van der Waals surface area contributed by atoms with Crippen LogP contribution in [0.3, 0.4) is 0 Å². The SMILES string of the molecule is [CH2]Cc1cc(CCCCCCCCCCCCCCCCC)c(CCCCCCCCCCCCCCCCC)c(CCCCCCCCCCCCCCCCC)c1. The van der Waals surface area contributed by atoms with Gasteiger partial charge in [-0.25, -0.2) is 0 Å². The van der Waals surface area contributed by atoms with Crippen molar-refractivity contribution < 1.29 is 0 Å². The zero-order valence-corrected chi connectivity index (χ0v) is 41.5. The first-order valence-electron chi connectivity index (χ1n) is 28.2. The summed E-state index contributed by atoms with van der Waals surface area (Å²) in [6.45, 7) is 11.3. The predicted octanol–water partition coefficient (Wildman–Crippen LogP) is 21.3. The van der Waals surface area contributed by atoms with Crippen molar-refractivity contribution in [2.45, 2.75) is 335 Å². The fourth-order valence-corrected chi connectivity index (χ4v) is 9.83. The maximum atomic E-state index is 4.37. The molecular formula is C59H111. The molecule has 0 spiro atoms. The molecule has 1 aromatic carbocycles. The van der Waals surface area contributed by atoms with Crippen LogP contribution in [-0.2, 0) is 25.7 Å². The molecule has 1 aromatic rings. The Kier molecular flexibility index (Phi) is 44.5. The van der Waals surface area contributed by atoms with Crippen molar-refractivity contribution in [1.29, 1.82) is 0 Å². The Morgan fingerprint density at radius 1 is 0.254 bits per heavy atom. The van der Waals surface area contributed by atoms with Crippen molar-refractivity contribution in [1.82, 2.24) is 0 Å². The number of benzene rings is 1. The summed E-state index contributed by atoms with van der Waals surface area (Å²) in [4.78, 5) is 0. The van der Waals surface area contributed by atoms with Crippen molar-refractivity contribution in [2.24, 2.45) is 0 Å². The lowest BCUT2D eigenvalue weighted by Gasteiger charge is -2.18. The zero-order chi connectivity index (χ0) is 42.4. The molecule has 0 atom stereocenters. The Labute approximate surface area is 375 Å². The first kappa shape index (κ1) is 56.2. The second kappa shape index (κ2) is 46.7. The molecule has 0 fully saturated rings. The maximum absolute atomic E-state index is 4.37. The zero-order valence-electron chi connectivity index (χ0n) is 41.5. The lowest BCUT2D eigenvalue weighted by Crippen LogP contribution is -2.04. The van der Waals surface area contributed by atoms with Gasteiger partial charge in [-0.1, -0.05) is 303 Å². The van der Waals surface area contributed by atoms with Gasteiger partial charge < -0.3 is 0 Å². The Morgan fingerprint density at radius 2 is 0.441 bits per heavy atom. The minimum atomic E-state index is 0.941. The first-order valence-corrected chi connectivity index (χ1v) is 28.2. The van der Waals surface area contributed by atoms with Crippen LogP contribution in [0.25, 0.3) is 0 Å². The van der Waals surface area contributed by atoms with E-state index in [0.29, 0.717) is 0 Å². The van der Waals surface area contributed by atoms with Gasteiger partial charge in [0.1, 0.15) is 0 Å². The van der Waals surface area contributed by atoms with Crippen LogP contribution in [0.4, 0.5) is 0 Å². The minimum absolute atomic E-state index is 0.941. The molecule has 59 heavy (non-hydrogen) atoms. The molecule has 0 heterocycles. The Balaban J connectivity index is 2.44. The normalized spacial score (nSPS) is 11.7. The largest absolute Gasteiger partial charge is 0.0654 e. The standard InChI is InChI=1S/C59H111/c1-5-9-12-15-18-21-24-27-30-33-36-39-42-45-48-51-57-54-56(8-4)55-58(52-49-46-43-40-37-34-31-28-25-22-19-16-13-10-6-2)59(57)53-50-47-44-41-38-35-32-29-26-23-20-17-14-11-7-3/h54-55H,4-53H2,1-3H3. The van der Waals surface area contributed by atoms with Gasteiger partial charge in [0, 0.05) is 0 Å². The number of hydrogen-bond acceptors (Lipinski definition) is 0. The first-order chi connectivity index (χ1) is 29.3. The van der Waals surface area contributed by atoms with Gasteiger partial charge in [-0.05, 0) is 74.1 Å². The van der Waals surface area contributed by atoms with Crippen LogP contribution in [0.15, 0.2) is 12.1 Å². The van der Waals surface area contributed by atoms with Gasteiger partial charge in [0.05, 0.1) is 0 Å². The van der Waals surface area contributed by atoms with E-state index in [2.05, 4.69) is 39.8 Å². The average molecular weight is 821 g/mol. The molecule has 0 aromatic heterocycles. The van der Waals surface area contributed by atoms with E-state index in [0.717, 1.165) is 6.42 Å². The molecule has 0 unspecified atom stereocenters. The molecule has 347 valence electrons. The van der Waals surface area contributed by atoms with Crippen molar-refractivity contribution in [3.8, 4) is 0 Å². The van der Waals surface area contributed by atoms with E-state index in [4.69, 9.17) is 0 Å². The van der Waals surface area contributed by atoms with E-state index >= 15 is 0 Å². The number of rotatable bonds is 49. The molecular weight excluding hydrogens is 709 g/mol. The second-order valence-electron chi connectivity index (χ2n) is 19.7. The third-order valence-electron chi connectivity index (χ3n) is 13.9. The van der Waals surface area contributed by atoms with E-state index in [9.17, 15) is 0 Å². The van der Waals surface area contributed by atoms with Crippen molar-refractivity contribution in [2.75, 3.05) is 0 Å². The van der Waals surface area contributed by atoms with Crippen LogP contribution in [0, 0.1) is 6.92 Å². The highest BCUT2D eigenvalue weighted by Gasteiger charge is 2.12. The van der Waals surface area contributed by atoms with Crippen molar-refractivity contribution in [3.05, 3.63) is 41.3 Å². The van der Waals surface area contributed by atoms with Crippen LogP contribution in [-0.4, -0.2) is 0 Å². The third kappa shape index (κ3) is 37.5. The lowest BCUT2D eigenvalue weighted by atomic mass is 9.87. The van der Waals surface area contributed by atoms with E-state index in [1.807, 2.05) is 0 Å². The van der Waals surface area contributed by atoms with Crippen LogP contribution in [0.5, 0.6) is 0 Å². The fourth-order valence-electron chi connectivity index (χ4n) is 9.83. The fraction of sp³-hybridized carbons (Fsp3) is 0.881. The molecule has 0 N–H and O–H groups in total. The summed E-state index contributed by atoms with van der Waals surface area (Å²) in [5.74, 6) is 0. The topological polar surface area (TPSA) is 0 Å². The highest BCUT2D eigenvalue weighted by Crippen LogP contribution is 2.26. The molecule has 0 saturated heterocycles. The van der Waals surface area contributed by atoms with E-state index < -0.39 is 0 Å². The molecule has 0 heteroatoms. The van der Waals surface area contributed by atoms with E-state index in [-0.39, 0.29) is 0 Å². The van der Waals surface area contributed by atoms with Gasteiger partial charge in [0.15, 0.2) is 0 Å². The molecule has 0 bridgehead atoms. The van der Waals surface area contributed by atoms with Gasteiger partial charge >= 0.3 is 0 Å². The molecule has 0 aliphatic carbocycles. The number of aryl methyl sites for hydroxylation is 2. The lowest BCUT2D eigenvalue weighted by molar-refractivity contribution is 0.530. The van der Waals surface area contributed by atoms with E-state index in [1.54, 1.807) is 16.7 Å². The molecule has 0 aliphatic heterocycles.